The quantitative estimate of drug-likeness (QED) is 0.622. The van der Waals surface area contributed by atoms with E-state index in [2.05, 4.69) is 31.3 Å². The fourth-order valence-electron chi connectivity index (χ4n) is 1.75. The highest BCUT2D eigenvalue weighted by Crippen LogP contribution is 2.28. The second-order valence-electron chi connectivity index (χ2n) is 3.94. The molecule has 2 N–H and O–H groups in total. The van der Waals surface area contributed by atoms with Crippen molar-refractivity contribution >= 4 is 45.1 Å². The number of esters is 1. The Balaban J connectivity index is 2.07. The zero-order valence-corrected chi connectivity index (χ0v) is 12.4. The summed E-state index contributed by atoms with van der Waals surface area (Å²) < 4.78 is 5.48. The first-order valence-electron chi connectivity index (χ1n) is 5.44. The number of rotatable bonds is 4. The summed E-state index contributed by atoms with van der Waals surface area (Å²) in [5.41, 5.74) is 1.18. The fraction of sp³-hybridized carbons (Fsp3) is 0.364. The van der Waals surface area contributed by atoms with Crippen LogP contribution in [0.1, 0.15) is 22.3 Å². The number of hydrogen-bond acceptors (Lipinski definition) is 6. The van der Waals surface area contributed by atoms with Crippen molar-refractivity contribution in [1.82, 2.24) is 10.6 Å². The minimum absolute atomic E-state index is 0.119. The first-order chi connectivity index (χ1) is 9.02. The number of methoxy groups -OCH3 is 1. The molecule has 2 amide bonds. The van der Waals surface area contributed by atoms with Crippen LogP contribution in [-0.2, 0) is 20.9 Å². The van der Waals surface area contributed by atoms with Gasteiger partial charge in [0.05, 0.1) is 28.9 Å². The van der Waals surface area contributed by atoms with Gasteiger partial charge in [0, 0.05) is 17.5 Å². The average Bonchev–Trinajstić information content (AvgIpc) is 2.89. The molecule has 1 aromatic rings. The minimum atomic E-state index is -0.551. The van der Waals surface area contributed by atoms with Crippen LogP contribution >= 0.6 is 27.3 Å². The molecule has 1 aliphatic heterocycles. The van der Waals surface area contributed by atoms with Gasteiger partial charge >= 0.3 is 5.97 Å². The van der Waals surface area contributed by atoms with E-state index >= 15 is 0 Å². The van der Waals surface area contributed by atoms with Gasteiger partial charge in [0.15, 0.2) is 0 Å². The molecule has 2 heterocycles. The summed E-state index contributed by atoms with van der Waals surface area (Å²) in [5, 5.41) is 6.87. The molecule has 2 rings (SSSR count). The van der Waals surface area contributed by atoms with E-state index in [1.165, 1.54) is 18.4 Å². The van der Waals surface area contributed by atoms with Crippen LogP contribution in [0.2, 0.25) is 0 Å². The molecule has 0 aromatic carbocycles. The Labute approximate surface area is 121 Å². The molecule has 1 atom stereocenters. The van der Waals surface area contributed by atoms with Crippen molar-refractivity contribution in [3.05, 3.63) is 20.3 Å². The third-order valence-electron chi connectivity index (χ3n) is 2.74. The van der Waals surface area contributed by atoms with E-state index in [0.29, 0.717) is 12.1 Å². The van der Waals surface area contributed by atoms with Crippen LogP contribution in [0.4, 0.5) is 0 Å². The van der Waals surface area contributed by atoms with Gasteiger partial charge in [0.25, 0.3) is 0 Å². The molecule has 1 saturated heterocycles. The number of halogens is 1. The second kappa shape index (κ2) is 5.81. The third kappa shape index (κ3) is 3.02. The first kappa shape index (κ1) is 14.2. The van der Waals surface area contributed by atoms with E-state index in [0.717, 1.165) is 9.35 Å². The van der Waals surface area contributed by atoms with E-state index in [9.17, 15) is 14.4 Å². The van der Waals surface area contributed by atoms with Crippen LogP contribution in [0.25, 0.3) is 0 Å². The van der Waals surface area contributed by atoms with Crippen LogP contribution < -0.4 is 10.6 Å². The zero-order chi connectivity index (χ0) is 14.0. The van der Waals surface area contributed by atoms with Crippen molar-refractivity contribution < 1.29 is 19.1 Å². The SMILES string of the molecule is COC(=O)c1csc(Br)c1CN[C@H]1CC(=O)NC1=O. The molecular formula is C11H11BrN2O4S. The lowest BCUT2D eigenvalue weighted by Gasteiger charge is -2.09. The molecular weight excluding hydrogens is 336 g/mol. The van der Waals surface area contributed by atoms with Gasteiger partial charge in [-0.15, -0.1) is 11.3 Å². The molecule has 6 nitrogen and oxygen atoms in total. The molecule has 0 bridgehead atoms. The Hall–Kier alpha value is -1.25. The maximum Gasteiger partial charge on any atom is 0.339 e. The number of hydrogen-bond donors (Lipinski definition) is 2. The van der Waals surface area contributed by atoms with E-state index in [1.54, 1.807) is 5.38 Å². The molecule has 0 radical (unpaired) electrons. The maximum atomic E-state index is 11.6. The van der Waals surface area contributed by atoms with Gasteiger partial charge in [-0.25, -0.2) is 4.79 Å². The third-order valence-corrected chi connectivity index (χ3v) is 4.59. The van der Waals surface area contributed by atoms with Crippen molar-refractivity contribution in [3.63, 3.8) is 0 Å². The highest BCUT2D eigenvalue weighted by atomic mass is 79.9. The molecule has 0 unspecified atom stereocenters. The van der Waals surface area contributed by atoms with E-state index in [4.69, 9.17) is 0 Å². The summed E-state index contributed by atoms with van der Waals surface area (Å²) >= 11 is 4.72. The maximum absolute atomic E-state index is 11.6. The predicted molar refractivity (Wildman–Crippen MR) is 71.8 cm³/mol. The van der Waals surface area contributed by atoms with Crippen molar-refractivity contribution in [2.45, 2.75) is 19.0 Å². The Morgan fingerprint density at radius 3 is 2.95 bits per heavy atom. The van der Waals surface area contributed by atoms with Crippen molar-refractivity contribution in [2.24, 2.45) is 0 Å². The summed E-state index contributed by atoms with van der Waals surface area (Å²) in [6, 6.07) is -0.551. The van der Waals surface area contributed by atoms with Crippen molar-refractivity contribution in [2.75, 3.05) is 7.11 Å². The number of imide groups is 1. The summed E-state index contributed by atoms with van der Waals surface area (Å²) in [4.78, 5) is 34.0. The van der Waals surface area contributed by atoms with Crippen molar-refractivity contribution in [1.29, 1.82) is 0 Å². The smallest absolute Gasteiger partial charge is 0.339 e. The lowest BCUT2D eigenvalue weighted by molar-refractivity contribution is -0.125. The van der Waals surface area contributed by atoms with Gasteiger partial charge in [0.2, 0.25) is 11.8 Å². The number of thiophene rings is 1. The molecule has 1 aromatic heterocycles. The van der Waals surface area contributed by atoms with Crippen LogP contribution in [0.5, 0.6) is 0 Å². The molecule has 102 valence electrons. The fourth-order valence-corrected chi connectivity index (χ4v) is 3.17. The van der Waals surface area contributed by atoms with Gasteiger partial charge < -0.3 is 10.1 Å². The molecule has 1 aliphatic rings. The topological polar surface area (TPSA) is 84.5 Å². The van der Waals surface area contributed by atoms with E-state index < -0.39 is 12.0 Å². The lowest BCUT2D eigenvalue weighted by atomic mass is 10.1. The molecule has 19 heavy (non-hydrogen) atoms. The van der Waals surface area contributed by atoms with Crippen LogP contribution in [0.3, 0.4) is 0 Å². The highest BCUT2D eigenvalue weighted by Gasteiger charge is 2.30. The van der Waals surface area contributed by atoms with Gasteiger partial charge in [-0.3, -0.25) is 14.9 Å². The number of amides is 2. The molecule has 1 fully saturated rings. The number of nitrogens with one attached hydrogen (secondary N) is 2. The molecule has 0 spiro atoms. The van der Waals surface area contributed by atoms with Gasteiger partial charge in [-0.1, -0.05) is 0 Å². The molecule has 0 saturated carbocycles. The zero-order valence-electron chi connectivity index (χ0n) is 9.99. The molecule has 0 aliphatic carbocycles. The van der Waals surface area contributed by atoms with Crippen LogP contribution in [0, 0.1) is 0 Å². The Morgan fingerprint density at radius 1 is 1.63 bits per heavy atom. The summed E-state index contributed by atoms with van der Waals surface area (Å²) in [7, 11) is 1.31. The monoisotopic (exact) mass is 346 g/mol. The number of ether oxygens (including phenoxy) is 1. The Kier molecular flexibility index (Phi) is 4.33. The highest BCUT2D eigenvalue weighted by molar-refractivity contribution is 9.11. The summed E-state index contributed by atoms with van der Waals surface area (Å²) in [6.07, 6.45) is 0.119. The minimum Gasteiger partial charge on any atom is -0.465 e. The number of carbonyl (C=O) groups excluding carboxylic acids is 3. The second-order valence-corrected chi connectivity index (χ2v) is 6.14. The standard InChI is InChI=1S/C11H11BrN2O4S/c1-18-11(17)6-4-19-9(12)5(6)3-13-7-2-8(15)14-10(7)16/h4,7,13H,2-3H2,1H3,(H,14,15,16)/t7-/m0/s1. The van der Waals surface area contributed by atoms with Crippen LogP contribution in [0.15, 0.2) is 9.17 Å². The largest absolute Gasteiger partial charge is 0.465 e. The Bertz CT molecular complexity index is 543. The van der Waals surface area contributed by atoms with Gasteiger partial charge in [-0.05, 0) is 15.9 Å². The average molecular weight is 347 g/mol. The normalized spacial score (nSPS) is 18.5. The predicted octanol–water partition coefficient (Wildman–Crippen LogP) is 0.802. The van der Waals surface area contributed by atoms with Gasteiger partial charge in [0.1, 0.15) is 0 Å². The number of carbonyl (C=O) groups is 3. The summed E-state index contributed by atoms with van der Waals surface area (Å²) in [6.45, 7) is 0.305. The lowest BCUT2D eigenvalue weighted by Crippen LogP contribution is -2.36. The van der Waals surface area contributed by atoms with Gasteiger partial charge in [-0.2, -0.15) is 0 Å². The van der Waals surface area contributed by atoms with E-state index in [1.807, 2.05) is 0 Å². The first-order valence-corrected chi connectivity index (χ1v) is 7.11. The van der Waals surface area contributed by atoms with Crippen molar-refractivity contribution in [3.8, 4) is 0 Å². The molecule has 8 heteroatoms. The summed E-state index contributed by atoms with van der Waals surface area (Å²) in [5.74, 6) is -1.05. The Morgan fingerprint density at radius 2 is 2.37 bits per heavy atom. The van der Waals surface area contributed by atoms with E-state index in [-0.39, 0.29) is 18.2 Å². The van der Waals surface area contributed by atoms with Crippen LogP contribution in [-0.4, -0.2) is 30.9 Å².